The van der Waals surface area contributed by atoms with Crippen molar-refractivity contribution < 1.29 is 31.2 Å². The molecule has 3 aromatic carbocycles. The molecule has 0 fully saturated rings. The Bertz CT molecular complexity index is 1470. The van der Waals surface area contributed by atoms with Gasteiger partial charge in [0.1, 0.15) is 12.6 Å². The minimum Gasteiger partial charge on any atom is -0.357 e. The lowest BCUT2D eigenvalue weighted by Gasteiger charge is -2.33. The first-order chi connectivity index (χ1) is 18.8. The highest BCUT2D eigenvalue weighted by atomic mass is 35.5. The summed E-state index contributed by atoms with van der Waals surface area (Å²) in [6.07, 6.45) is -4.66. The van der Waals surface area contributed by atoms with Gasteiger partial charge in [0.05, 0.1) is 21.2 Å². The van der Waals surface area contributed by atoms with Crippen molar-refractivity contribution in [3.05, 3.63) is 94.5 Å². The van der Waals surface area contributed by atoms with Crippen molar-refractivity contribution in [2.75, 3.05) is 17.9 Å². The number of nitrogens with zero attached hydrogens (tertiary/aromatic N) is 2. The summed E-state index contributed by atoms with van der Waals surface area (Å²) in [4.78, 5) is 27.6. The normalized spacial score (nSPS) is 12.5. The van der Waals surface area contributed by atoms with Crippen LogP contribution in [-0.4, -0.2) is 44.8 Å². The lowest BCUT2D eigenvalue weighted by atomic mass is 10.1. The van der Waals surface area contributed by atoms with E-state index >= 15 is 0 Å². The van der Waals surface area contributed by atoms with Crippen molar-refractivity contribution in [1.29, 1.82) is 0 Å². The number of anilines is 1. The highest BCUT2D eigenvalue weighted by molar-refractivity contribution is 7.92. The summed E-state index contributed by atoms with van der Waals surface area (Å²) in [7, 11) is -3.11. The minimum absolute atomic E-state index is 0.0277. The number of nitrogens with one attached hydrogen (secondary N) is 1. The molecule has 1 N–H and O–H groups in total. The first kappa shape index (κ1) is 31.0. The maximum Gasteiger partial charge on any atom is 0.417 e. The van der Waals surface area contributed by atoms with Crippen LogP contribution in [0.15, 0.2) is 77.7 Å². The highest BCUT2D eigenvalue weighted by Gasteiger charge is 2.37. The molecule has 3 aromatic rings. The third kappa shape index (κ3) is 7.14. The quantitative estimate of drug-likeness (QED) is 0.339. The summed E-state index contributed by atoms with van der Waals surface area (Å²) in [5.74, 6) is -1.24. The van der Waals surface area contributed by atoms with Crippen LogP contribution in [0.4, 0.5) is 18.9 Å². The monoisotopic (exact) mass is 595 g/mol. The Kier molecular flexibility index (Phi) is 9.86. The fraction of sp³-hybridized carbons (Fsp3) is 0.286. The number of halogens is 4. The average molecular weight is 596 g/mol. The van der Waals surface area contributed by atoms with E-state index in [1.165, 1.54) is 36.2 Å². The number of hydrogen-bond donors (Lipinski definition) is 1. The molecule has 0 radical (unpaired) electrons. The lowest BCUT2D eigenvalue weighted by molar-refractivity contribution is -0.140. The zero-order valence-corrected chi connectivity index (χ0v) is 23.6. The Morgan fingerprint density at radius 3 is 2.25 bits per heavy atom. The molecule has 40 heavy (non-hydrogen) atoms. The maximum absolute atomic E-state index is 13.9. The van der Waals surface area contributed by atoms with Crippen LogP contribution in [0.1, 0.15) is 30.0 Å². The van der Waals surface area contributed by atoms with Crippen LogP contribution >= 0.6 is 11.6 Å². The number of likely N-dealkylation sites (N-methyl/N-ethyl adjacent to an activating group) is 1. The second kappa shape index (κ2) is 12.7. The molecule has 12 heteroatoms. The van der Waals surface area contributed by atoms with Gasteiger partial charge in [0.15, 0.2) is 0 Å². The fourth-order valence-electron chi connectivity index (χ4n) is 4.23. The van der Waals surface area contributed by atoms with Gasteiger partial charge in [-0.3, -0.25) is 13.9 Å². The van der Waals surface area contributed by atoms with Crippen molar-refractivity contribution in [2.24, 2.45) is 0 Å². The Morgan fingerprint density at radius 1 is 1.00 bits per heavy atom. The van der Waals surface area contributed by atoms with Crippen LogP contribution in [0.2, 0.25) is 5.02 Å². The van der Waals surface area contributed by atoms with Crippen LogP contribution in [0.3, 0.4) is 0 Å². The summed E-state index contributed by atoms with van der Waals surface area (Å²) in [6.45, 7) is 2.66. The van der Waals surface area contributed by atoms with E-state index in [2.05, 4.69) is 5.32 Å². The molecule has 0 saturated heterocycles. The Hall–Kier alpha value is -3.57. The third-order valence-electron chi connectivity index (χ3n) is 6.22. The molecular formula is C28H29ClF3N3O4S. The molecule has 1 atom stereocenters. The molecule has 3 rings (SSSR count). The number of rotatable bonds is 10. The Balaban J connectivity index is 2.14. The molecule has 0 aromatic heterocycles. The number of amides is 2. The summed E-state index contributed by atoms with van der Waals surface area (Å²) in [5.41, 5.74) is -0.0516. The molecule has 0 aliphatic carbocycles. The number of carbonyl (C=O) groups is 2. The average Bonchev–Trinajstić information content (AvgIpc) is 2.91. The molecule has 0 heterocycles. The van der Waals surface area contributed by atoms with Crippen LogP contribution in [0, 0.1) is 6.92 Å². The number of benzene rings is 3. The van der Waals surface area contributed by atoms with Crippen LogP contribution in [-0.2, 0) is 32.3 Å². The lowest BCUT2D eigenvalue weighted by Crippen LogP contribution is -2.51. The van der Waals surface area contributed by atoms with Crippen molar-refractivity contribution in [3.8, 4) is 0 Å². The van der Waals surface area contributed by atoms with Gasteiger partial charge < -0.3 is 10.2 Å². The zero-order chi connectivity index (χ0) is 29.7. The highest BCUT2D eigenvalue weighted by Crippen LogP contribution is 2.38. The predicted molar refractivity (Wildman–Crippen MR) is 147 cm³/mol. The van der Waals surface area contributed by atoms with Crippen LogP contribution in [0.25, 0.3) is 0 Å². The number of sulfonamides is 1. The van der Waals surface area contributed by atoms with Gasteiger partial charge in [-0.15, -0.1) is 0 Å². The second-order valence-electron chi connectivity index (χ2n) is 9.04. The van der Waals surface area contributed by atoms with Gasteiger partial charge in [-0.1, -0.05) is 66.6 Å². The number of alkyl halides is 3. The molecule has 2 amide bonds. The van der Waals surface area contributed by atoms with Crippen LogP contribution in [0.5, 0.6) is 0 Å². The molecular weight excluding hydrogens is 567 g/mol. The van der Waals surface area contributed by atoms with Gasteiger partial charge in [0.2, 0.25) is 11.8 Å². The maximum atomic E-state index is 13.9. The second-order valence-corrected chi connectivity index (χ2v) is 11.3. The number of aryl methyl sites for hydroxylation is 1. The van der Waals surface area contributed by atoms with Crippen LogP contribution < -0.4 is 9.62 Å². The van der Waals surface area contributed by atoms with E-state index in [4.69, 9.17) is 11.6 Å². The molecule has 0 saturated carbocycles. The fourth-order valence-corrected chi connectivity index (χ4v) is 5.88. The van der Waals surface area contributed by atoms with Crippen molar-refractivity contribution in [2.45, 2.75) is 43.9 Å². The molecule has 0 spiro atoms. The number of hydrogen-bond acceptors (Lipinski definition) is 4. The van der Waals surface area contributed by atoms with E-state index in [0.717, 1.165) is 17.7 Å². The largest absolute Gasteiger partial charge is 0.417 e. The summed E-state index contributed by atoms with van der Waals surface area (Å²) in [6, 6.07) is 15.9. The smallest absolute Gasteiger partial charge is 0.357 e. The first-order valence-corrected chi connectivity index (χ1v) is 14.1. The Labute approximate surface area is 236 Å². The number of carbonyl (C=O) groups excluding carboxylic acids is 2. The zero-order valence-electron chi connectivity index (χ0n) is 22.1. The van der Waals surface area contributed by atoms with E-state index in [1.807, 2.05) is 19.1 Å². The summed E-state index contributed by atoms with van der Waals surface area (Å²) < 4.78 is 69.1. The van der Waals surface area contributed by atoms with Gasteiger partial charge in [-0.25, -0.2) is 8.42 Å². The molecule has 214 valence electrons. The summed E-state index contributed by atoms with van der Waals surface area (Å²) >= 11 is 5.78. The molecule has 0 bridgehead atoms. The van der Waals surface area contributed by atoms with E-state index in [0.29, 0.717) is 15.9 Å². The van der Waals surface area contributed by atoms with E-state index in [1.54, 1.807) is 25.1 Å². The minimum atomic E-state index is -4.87. The van der Waals surface area contributed by atoms with Gasteiger partial charge in [0.25, 0.3) is 10.0 Å². The van der Waals surface area contributed by atoms with Gasteiger partial charge in [-0.05, 0) is 49.2 Å². The van der Waals surface area contributed by atoms with Gasteiger partial charge in [0, 0.05) is 13.6 Å². The van der Waals surface area contributed by atoms with E-state index in [9.17, 15) is 31.2 Å². The van der Waals surface area contributed by atoms with Gasteiger partial charge in [-0.2, -0.15) is 13.2 Å². The molecule has 1 unspecified atom stereocenters. The third-order valence-corrected chi connectivity index (χ3v) is 8.34. The Morgan fingerprint density at radius 2 is 1.68 bits per heavy atom. The topological polar surface area (TPSA) is 86.8 Å². The predicted octanol–water partition coefficient (Wildman–Crippen LogP) is 5.42. The summed E-state index contributed by atoms with van der Waals surface area (Å²) in [5, 5.41) is 1.90. The standard InChI is InChI=1S/C28H29ClF3N3O4S/c1-4-25(27(37)33-3)34(17-20-10-8-9-19(2)15-20)26(36)18-35(40(38,39)22-11-6-5-7-12-22)21-13-14-24(29)23(16-21)28(30,31)32/h5-16,25H,4,17-18H2,1-3H3,(H,33,37). The van der Waals surface area contributed by atoms with E-state index < -0.39 is 56.9 Å². The molecule has 7 nitrogen and oxygen atoms in total. The SMILES string of the molecule is CCC(C(=O)NC)N(Cc1cccc(C)c1)C(=O)CN(c1ccc(Cl)c(C(F)(F)F)c1)S(=O)(=O)c1ccccc1. The first-order valence-electron chi connectivity index (χ1n) is 12.3. The van der Waals surface area contributed by atoms with E-state index in [-0.39, 0.29) is 17.9 Å². The van der Waals surface area contributed by atoms with Crippen molar-refractivity contribution in [3.63, 3.8) is 0 Å². The van der Waals surface area contributed by atoms with Crippen molar-refractivity contribution >= 4 is 39.1 Å². The van der Waals surface area contributed by atoms with Crippen molar-refractivity contribution in [1.82, 2.24) is 10.2 Å². The molecule has 0 aliphatic heterocycles. The molecule has 0 aliphatic rings. The van der Waals surface area contributed by atoms with Gasteiger partial charge >= 0.3 is 6.18 Å².